The molecule has 3 aromatic rings. The van der Waals surface area contributed by atoms with Gasteiger partial charge in [0.2, 0.25) is 11.0 Å². The Morgan fingerprint density at radius 1 is 1.14 bits per heavy atom. The van der Waals surface area contributed by atoms with Gasteiger partial charge in [0.05, 0.1) is 18.5 Å². The molecule has 1 aromatic carbocycles. The first kappa shape index (κ1) is 24.5. The van der Waals surface area contributed by atoms with Gasteiger partial charge in [-0.1, -0.05) is 23.5 Å². The number of anilines is 2. The maximum Gasteiger partial charge on any atom is 0.573 e. The molecule has 0 saturated carbocycles. The Morgan fingerprint density at radius 2 is 1.97 bits per heavy atom. The van der Waals surface area contributed by atoms with Crippen LogP contribution in [0.3, 0.4) is 0 Å². The van der Waals surface area contributed by atoms with Crippen molar-refractivity contribution in [1.82, 2.24) is 20.4 Å². The molecule has 13 heteroatoms. The minimum atomic E-state index is -4.80. The van der Waals surface area contributed by atoms with Crippen LogP contribution in [0.25, 0.3) is 0 Å². The van der Waals surface area contributed by atoms with Crippen molar-refractivity contribution in [2.75, 3.05) is 23.3 Å². The molecule has 1 fully saturated rings. The summed E-state index contributed by atoms with van der Waals surface area (Å²) in [5.41, 5.74) is 1.14. The Hall–Kier alpha value is -3.61. The number of hydrogen-bond donors (Lipinski definition) is 1. The van der Waals surface area contributed by atoms with E-state index in [1.165, 1.54) is 36.5 Å². The fourth-order valence-corrected chi connectivity index (χ4v) is 4.63. The SMILES string of the molecule is CC(=O)Cc1nnc(N2CCC(c3ccc(NC(=O)Cc4cccc(OC(F)(F)F)c4)nn3)C2)s1. The number of carbonyl (C=O) groups is 2. The number of hydrogen-bond acceptors (Lipinski definition) is 9. The van der Waals surface area contributed by atoms with Gasteiger partial charge >= 0.3 is 6.36 Å². The summed E-state index contributed by atoms with van der Waals surface area (Å²) in [5, 5.41) is 20.6. The van der Waals surface area contributed by atoms with Crippen molar-refractivity contribution in [3.63, 3.8) is 0 Å². The number of ketones is 1. The molecule has 1 saturated heterocycles. The number of halogens is 3. The van der Waals surface area contributed by atoms with Gasteiger partial charge in [-0.05, 0) is 43.2 Å². The second kappa shape index (κ2) is 10.3. The molecule has 2 aromatic heterocycles. The molecule has 1 aliphatic rings. The smallest absolute Gasteiger partial charge is 0.406 e. The minimum absolute atomic E-state index is 0.0402. The van der Waals surface area contributed by atoms with Crippen LogP contribution in [0, 0.1) is 0 Å². The third-order valence-electron chi connectivity index (χ3n) is 5.18. The highest BCUT2D eigenvalue weighted by Crippen LogP contribution is 2.31. The molecule has 3 heterocycles. The maximum atomic E-state index is 12.4. The average molecular weight is 507 g/mol. The standard InChI is InChI=1S/C22H21F3N6O3S/c1-13(32)9-20-29-30-21(35-20)31-8-7-15(12-31)17-5-6-18(28-27-17)26-19(33)11-14-3-2-4-16(10-14)34-22(23,24)25/h2-6,10,15H,7-9,11-12H2,1H3,(H,26,28,33). The maximum absolute atomic E-state index is 12.4. The van der Waals surface area contributed by atoms with Crippen LogP contribution in [-0.2, 0) is 22.4 Å². The summed E-state index contributed by atoms with van der Waals surface area (Å²) in [6.45, 7) is 2.98. The van der Waals surface area contributed by atoms with Crippen molar-refractivity contribution in [3.8, 4) is 5.75 Å². The van der Waals surface area contributed by atoms with Crippen molar-refractivity contribution in [2.45, 2.75) is 38.5 Å². The van der Waals surface area contributed by atoms with Crippen LogP contribution in [0.15, 0.2) is 36.4 Å². The van der Waals surface area contributed by atoms with Crippen LogP contribution >= 0.6 is 11.3 Å². The highest BCUT2D eigenvalue weighted by atomic mass is 32.1. The number of nitrogens with zero attached hydrogens (tertiary/aromatic N) is 5. The number of Topliss-reactive ketones (excluding diaryl/α,β-unsaturated/α-hetero) is 1. The Balaban J connectivity index is 1.31. The zero-order valence-corrected chi connectivity index (χ0v) is 19.4. The topological polar surface area (TPSA) is 110 Å². The molecule has 0 aliphatic carbocycles. The van der Waals surface area contributed by atoms with Gasteiger partial charge in [0.25, 0.3) is 0 Å². The molecule has 1 unspecified atom stereocenters. The van der Waals surface area contributed by atoms with Gasteiger partial charge < -0.3 is 15.0 Å². The molecular formula is C22H21F3N6O3S. The Morgan fingerprint density at radius 3 is 2.69 bits per heavy atom. The Bertz CT molecular complexity index is 1200. The van der Waals surface area contributed by atoms with E-state index in [9.17, 15) is 22.8 Å². The van der Waals surface area contributed by atoms with Crippen molar-refractivity contribution >= 4 is 34.0 Å². The molecule has 1 amide bonds. The Labute approximate surface area is 202 Å². The van der Waals surface area contributed by atoms with Gasteiger partial charge in [-0.25, -0.2) is 0 Å². The van der Waals surface area contributed by atoms with Crippen LogP contribution in [0.5, 0.6) is 5.75 Å². The Kier molecular flexibility index (Phi) is 7.24. The zero-order chi connectivity index (χ0) is 25.0. The molecule has 4 rings (SSSR count). The molecule has 35 heavy (non-hydrogen) atoms. The van der Waals surface area contributed by atoms with E-state index in [-0.39, 0.29) is 36.1 Å². The highest BCUT2D eigenvalue weighted by molar-refractivity contribution is 7.15. The normalized spacial score (nSPS) is 15.8. The lowest BCUT2D eigenvalue weighted by atomic mass is 10.1. The predicted molar refractivity (Wildman–Crippen MR) is 121 cm³/mol. The lowest BCUT2D eigenvalue weighted by molar-refractivity contribution is -0.274. The number of aromatic nitrogens is 4. The predicted octanol–water partition coefficient (Wildman–Crippen LogP) is 3.53. The molecule has 0 bridgehead atoms. The molecule has 0 spiro atoms. The summed E-state index contributed by atoms with van der Waals surface area (Å²) in [7, 11) is 0. The van der Waals surface area contributed by atoms with Crippen LogP contribution in [0.4, 0.5) is 24.1 Å². The number of ether oxygens (including phenoxy) is 1. The van der Waals surface area contributed by atoms with E-state index >= 15 is 0 Å². The summed E-state index contributed by atoms with van der Waals surface area (Å²) in [4.78, 5) is 25.7. The second-order valence-corrected chi connectivity index (χ2v) is 9.09. The molecule has 9 nitrogen and oxygen atoms in total. The molecule has 1 aliphatic heterocycles. The average Bonchev–Trinajstić information content (AvgIpc) is 3.42. The van der Waals surface area contributed by atoms with Gasteiger partial charge in [-0.2, -0.15) is 5.10 Å². The van der Waals surface area contributed by atoms with E-state index < -0.39 is 12.3 Å². The summed E-state index contributed by atoms with van der Waals surface area (Å²) in [6, 6.07) is 8.67. The zero-order valence-electron chi connectivity index (χ0n) is 18.6. The van der Waals surface area contributed by atoms with Crippen LogP contribution in [0.1, 0.15) is 35.5 Å². The van der Waals surface area contributed by atoms with Gasteiger partial charge in [-0.15, -0.1) is 28.5 Å². The van der Waals surface area contributed by atoms with E-state index in [4.69, 9.17) is 0 Å². The molecular weight excluding hydrogens is 485 g/mol. The number of amides is 1. The van der Waals surface area contributed by atoms with E-state index in [1.807, 2.05) is 0 Å². The van der Waals surface area contributed by atoms with Gasteiger partial charge in [0.15, 0.2) is 5.82 Å². The van der Waals surface area contributed by atoms with E-state index in [0.717, 1.165) is 29.9 Å². The van der Waals surface area contributed by atoms with Crippen molar-refractivity contribution in [2.24, 2.45) is 0 Å². The van der Waals surface area contributed by atoms with E-state index in [1.54, 1.807) is 12.1 Å². The largest absolute Gasteiger partial charge is 0.573 e. The fourth-order valence-electron chi connectivity index (χ4n) is 3.68. The molecule has 184 valence electrons. The lowest BCUT2D eigenvalue weighted by Gasteiger charge is -2.14. The first-order valence-corrected chi connectivity index (χ1v) is 11.5. The van der Waals surface area contributed by atoms with Crippen molar-refractivity contribution in [3.05, 3.63) is 52.7 Å². The summed E-state index contributed by atoms with van der Waals surface area (Å²) >= 11 is 1.40. The van der Waals surface area contributed by atoms with Crippen LogP contribution in [0.2, 0.25) is 0 Å². The van der Waals surface area contributed by atoms with Gasteiger partial charge in [-0.3, -0.25) is 9.59 Å². The monoisotopic (exact) mass is 506 g/mol. The summed E-state index contributed by atoms with van der Waals surface area (Å²) in [5.74, 6) is -0.418. The number of rotatable bonds is 8. The molecule has 1 atom stereocenters. The third kappa shape index (κ3) is 6.94. The first-order valence-electron chi connectivity index (χ1n) is 10.7. The number of benzene rings is 1. The summed E-state index contributed by atoms with van der Waals surface area (Å²) in [6.07, 6.45) is -3.83. The quantitative estimate of drug-likeness (QED) is 0.494. The van der Waals surface area contributed by atoms with Crippen LogP contribution in [-0.4, -0.2) is 51.5 Å². The van der Waals surface area contributed by atoms with Crippen molar-refractivity contribution < 1.29 is 27.5 Å². The lowest BCUT2D eigenvalue weighted by Crippen LogP contribution is -2.19. The fraction of sp³-hybridized carbons (Fsp3) is 0.364. The highest BCUT2D eigenvalue weighted by Gasteiger charge is 2.31. The summed E-state index contributed by atoms with van der Waals surface area (Å²) < 4.78 is 41.0. The van der Waals surface area contributed by atoms with E-state index in [0.29, 0.717) is 17.1 Å². The minimum Gasteiger partial charge on any atom is -0.406 e. The number of carbonyl (C=O) groups excluding carboxylic acids is 2. The second-order valence-electron chi connectivity index (χ2n) is 8.05. The van der Waals surface area contributed by atoms with Crippen molar-refractivity contribution in [1.29, 1.82) is 0 Å². The first-order chi connectivity index (χ1) is 16.6. The molecule has 1 N–H and O–H groups in total. The number of nitrogens with one attached hydrogen (secondary N) is 1. The van der Waals surface area contributed by atoms with Gasteiger partial charge in [0, 0.05) is 19.0 Å². The molecule has 0 radical (unpaired) electrons. The van der Waals surface area contributed by atoms with Gasteiger partial charge in [0.1, 0.15) is 16.5 Å². The van der Waals surface area contributed by atoms with E-state index in [2.05, 4.69) is 35.3 Å². The number of alkyl halides is 3. The van der Waals surface area contributed by atoms with Crippen LogP contribution < -0.4 is 15.0 Å². The third-order valence-corrected chi connectivity index (χ3v) is 6.17.